The second kappa shape index (κ2) is 8.72. The topological polar surface area (TPSA) is 75.6 Å². The van der Waals surface area contributed by atoms with E-state index in [1.165, 1.54) is 5.56 Å². The van der Waals surface area contributed by atoms with Gasteiger partial charge in [-0.15, -0.1) is 0 Å². The first-order valence-corrected chi connectivity index (χ1v) is 7.91. The Morgan fingerprint density at radius 3 is 1.96 bits per heavy atom. The standard InChI is InChI=1S/C19H21NO4/c1-2-14-3-7-16(8-4-14)24-17-9-5-15(6-10-17)13-20-18(21)11-12-19(22)23/h3-10H,2,11-13H2,1H3,(H,20,21)(H,22,23). The molecule has 0 aliphatic carbocycles. The molecule has 0 heterocycles. The van der Waals surface area contributed by atoms with Crippen LogP contribution in [0.4, 0.5) is 0 Å². The summed E-state index contributed by atoms with van der Waals surface area (Å²) in [6.45, 7) is 2.47. The van der Waals surface area contributed by atoms with Crippen LogP contribution in [0.1, 0.15) is 30.9 Å². The maximum atomic E-state index is 11.5. The van der Waals surface area contributed by atoms with Crippen LogP contribution in [0.25, 0.3) is 0 Å². The van der Waals surface area contributed by atoms with E-state index in [0.717, 1.165) is 23.5 Å². The van der Waals surface area contributed by atoms with Crippen molar-refractivity contribution in [3.63, 3.8) is 0 Å². The molecule has 0 unspecified atom stereocenters. The molecule has 0 radical (unpaired) electrons. The van der Waals surface area contributed by atoms with E-state index >= 15 is 0 Å². The van der Waals surface area contributed by atoms with E-state index in [1.54, 1.807) is 0 Å². The second-order valence-corrected chi connectivity index (χ2v) is 5.41. The fourth-order valence-corrected chi connectivity index (χ4v) is 2.11. The maximum absolute atomic E-state index is 11.5. The molecule has 5 nitrogen and oxygen atoms in total. The molecule has 0 spiro atoms. The minimum atomic E-state index is -0.973. The summed E-state index contributed by atoms with van der Waals surface area (Å²) >= 11 is 0. The van der Waals surface area contributed by atoms with Gasteiger partial charge in [-0.2, -0.15) is 0 Å². The molecule has 0 aliphatic heterocycles. The third-order valence-electron chi connectivity index (χ3n) is 3.55. The maximum Gasteiger partial charge on any atom is 0.303 e. The molecule has 0 saturated heterocycles. The molecule has 5 heteroatoms. The Kier molecular flexibility index (Phi) is 6.37. The quantitative estimate of drug-likeness (QED) is 0.778. The monoisotopic (exact) mass is 327 g/mol. The van der Waals surface area contributed by atoms with Gasteiger partial charge in [-0.1, -0.05) is 31.2 Å². The van der Waals surface area contributed by atoms with Crippen molar-refractivity contribution in [2.75, 3.05) is 0 Å². The lowest BCUT2D eigenvalue weighted by molar-refractivity contribution is -0.138. The molecule has 2 N–H and O–H groups in total. The highest BCUT2D eigenvalue weighted by Crippen LogP contribution is 2.22. The molecule has 24 heavy (non-hydrogen) atoms. The predicted molar refractivity (Wildman–Crippen MR) is 91.1 cm³/mol. The summed E-state index contributed by atoms with van der Waals surface area (Å²) in [5, 5.41) is 11.2. The molecule has 0 aromatic heterocycles. The highest BCUT2D eigenvalue weighted by Gasteiger charge is 2.05. The molecular formula is C19H21NO4. The van der Waals surface area contributed by atoms with Crippen molar-refractivity contribution in [2.24, 2.45) is 0 Å². The van der Waals surface area contributed by atoms with Gasteiger partial charge in [0.25, 0.3) is 0 Å². The SMILES string of the molecule is CCc1ccc(Oc2ccc(CNC(=O)CCC(=O)O)cc2)cc1. The Morgan fingerprint density at radius 1 is 0.917 bits per heavy atom. The van der Waals surface area contributed by atoms with E-state index in [0.29, 0.717) is 6.54 Å². The number of hydrogen-bond donors (Lipinski definition) is 2. The number of ether oxygens (including phenoxy) is 1. The zero-order valence-corrected chi connectivity index (χ0v) is 13.6. The van der Waals surface area contributed by atoms with E-state index < -0.39 is 5.97 Å². The molecule has 0 bridgehead atoms. The van der Waals surface area contributed by atoms with Crippen molar-refractivity contribution < 1.29 is 19.4 Å². The van der Waals surface area contributed by atoms with Crippen molar-refractivity contribution in [3.8, 4) is 11.5 Å². The average Bonchev–Trinajstić information content (AvgIpc) is 2.60. The van der Waals surface area contributed by atoms with Gasteiger partial charge in [-0.3, -0.25) is 9.59 Å². The minimum Gasteiger partial charge on any atom is -0.481 e. The smallest absolute Gasteiger partial charge is 0.303 e. The van der Waals surface area contributed by atoms with Gasteiger partial charge in [0.1, 0.15) is 11.5 Å². The Bertz CT molecular complexity index is 678. The van der Waals surface area contributed by atoms with Crippen LogP contribution in [0.5, 0.6) is 11.5 Å². The fraction of sp³-hybridized carbons (Fsp3) is 0.263. The minimum absolute atomic E-state index is 0.00964. The summed E-state index contributed by atoms with van der Waals surface area (Å²) in [6, 6.07) is 15.4. The number of carbonyl (C=O) groups excluding carboxylic acids is 1. The Morgan fingerprint density at radius 2 is 1.46 bits per heavy atom. The van der Waals surface area contributed by atoms with Crippen molar-refractivity contribution >= 4 is 11.9 Å². The van der Waals surface area contributed by atoms with E-state index in [9.17, 15) is 9.59 Å². The fourth-order valence-electron chi connectivity index (χ4n) is 2.11. The lowest BCUT2D eigenvalue weighted by Crippen LogP contribution is -2.23. The lowest BCUT2D eigenvalue weighted by Gasteiger charge is -2.08. The van der Waals surface area contributed by atoms with Gasteiger partial charge < -0.3 is 15.2 Å². The third kappa shape index (κ3) is 5.76. The predicted octanol–water partition coefficient (Wildman–Crippen LogP) is 3.52. The summed E-state index contributed by atoms with van der Waals surface area (Å²) < 4.78 is 5.77. The van der Waals surface area contributed by atoms with Gasteiger partial charge >= 0.3 is 5.97 Å². The van der Waals surface area contributed by atoms with Crippen LogP contribution in [-0.4, -0.2) is 17.0 Å². The summed E-state index contributed by atoms with van der Waals surface area (Å²) in [5.74, 6) is 0.259. The molecule has 126 valence electrons. The van der Waals surface area contributed by atoms with E-state index in [1.807, 2.05) is 48.5 Å². The summed E-state index contributed by atoms with van der Waals surface area (Å²) in [6.07, 6.45) is 0.826. The Hall–Kier alpha value is -2.82. The van der Waals surface area contributed by atoms with Crippen LogP contribution in [0, 0.1) is 0 Å². The number of carboxylic acid groups (broad SMARTS) is 1. The Balaban J connectivity index is 1.83. The number of carboxylic acids is 1. The van der Waals surface area contributed by atoms with Crippen LogP contribution in [0.3, 0.4) is 0 Å². The molecule has 2 aromatic rings. The summed E-state index contributed by atoms with van der Waals surface area (Å²) in [5.41, 5.74) is 2.18. The first kappa shape index (κ1) is 17.5. The van der Waals surface area contributed by atoms with Gasteiger partial charge in [-0.05, 0) is 41.8 Å². The number of benzene rings is 2. The number of hydrogen-bond acceptors (Lipinski definition) is 3. The normalized spacial score (nSPS) is 10.2. The number of carbonyl (C=O) groups is 2. The van der Waals surface area contributed by atoms with Crippen molar-refractivity contribution in [1.82, 2.24) is 5.32 Å². The molecule has 0 fully saturated rings. The largest absolute Gasteiger partial charge is 0.481 e. The van der Waals surface area contributed by atoms with Gasteiger partial charge in [0.2, 0.25) is 5.91 Å². The van der Waals surface area contributed by atoms with E-state index in [2.05, 4.69) is 12.2 Å². The zero-order chi connectivity index (χ0) is 17.4. The van der Waals surface area contributed by atoms with Crippen LogP contribution in [0.2, 0.25) is 0 Å². The Labute approximate surface area is 141 Å². The molecule has 0 saturated carbocycles. The third-order valence-corrected chi connectivity index (χ3v) is 3.55. The molecule has 0 aliphatic rings. The molecule has 2 rings (SSSR count). The summed E-state index contributed by atoms with van der Waals surface area (Å²) in [7, 11) is 0. The lowest BCUT2D eigenvalue weighted by atomic mass is 10.2. The van der Waals surface area contributed by atoms with E-state index in [-0.39, 0.29) is 18.7 Å². The number of rotatable bonds is 8. The van der Waals surface area contributed by atoms with E-state index in [4.69, 9.17) is 9.84 Å². The van der Waals surface area contributed by atoms with Crippen molar-refractivity contribution in [2.45, 2.75) is 32.7 Å². The van der Waals surface area contributed by atoms with Gasteiger partial charge in [0, 0.05) is 13.0 Å². The highest BCUT2D eigenvalue weighted by molar-refractivity contribution is 5.80. The average molecular weight is 327 g/mol. The highest BCUT2D eigenvalue weighted by atomic mass is 16.5. The summed E-state index contributed by atoms with van der Waals surface area (Å²) in [4.78, 5) is 21.9. The van der Waals surface area contributed by atoms with Crippen molar-refractivity contribution in [1.29, 1.82) is 0 Å². The first-order valence-electron chi connectivity index (χ1n) is 7.91. The van der Waals surface area contributed by atoms with Crippen LogP contribution in [-0.2, 0) is 22.6 Å². The number of amides is 1. The molecule has 1 amide bonds. The molecule has 2 aromatic carbocycles. The molecule has 0 atom stereocenters. The first-order chi connectivity index (χ1) is 11.6. The second-order valence-electron chi connectivity index (χ2n) is 5.41. The number of nitrogens with one attached hydrogen (secondary N) is 1. The van der Waals surface area contributed by atoms with Gasteiger partial charge in [0.15, 0.2) is 0 Å². The van der Waals surface area contributed by atoms with Gasteiger partial charge in [0.05, 0.1) is 6.42 Å². The number of aliphatic carboxylic acids is 1. The molecular weight excluding hydrogens is 306 g/mol. The van der Waals surface area contributed by atoms with Crippen molar-refractivity contribution in [3.05, 3.63) is 59.7 Å². The number of aryl methyl sites for hydroxylation is 1. The van der Waals surface area contributed by atoms with Gasteiger partial charge in [-0.25, -0.2) is 0 Å². The van der Waals surface area contributed by atoms with Crippen LogP contribution in [0.15, 0.2) is 48.5 Å². The van der Waals surface area contributed by atoms with Crippen LogP contribution >= 0.6 is 0 Å². The van der Waals surface area contributed by atoms with Crippen LogP contribution < -0.4 is 10.1 Å². The zero-order valence-electron chi connectivity index (χ0n) is 13.6.